The molecule has 0 atom stereocenters. The first-order chi connectivity index (χ1) is 8.96. The van der Waals surface area contributed by atoms with Crippen molar-refractivity contribution < 1.29 is 4.74 Å². The van der Waals surface area contributed by atoms with Crippen molar-refractivity contribution in [2.24, 2.45) is 11.1 Å². The summed E-state index contributed by atoms with van der Waals surface area (Å²) in [6.45, 7) is 7.42. The molecule has 0 bridgehead atoms. The summed E-state index contributed by atoms with van der Waals surface area (Å²) >= 11 is 1.75. The van der Waals surface area contributed by atoms with Crippen LogP contribution in [0.1, 0.15) is 62.0 Å². The first-order valence-corrected chi connectivity index (χ1v) is 8.02. The summed E-state index contributed by atoms with van der Waals surface area (Å²) in [5.41, 5.74) is 7.25. The number of nitrogens with zero attached hydrogens (tertiary/aromatic N) is 1. The Balaban J connectivity index is 2.29. The van der Waals surface area contributed by atoms with Crippen LogP contribution in [-0.2, 0) is 23.3 Å². The van der Waals surface area contributed by atoms with E-state index in [4.69, 9.17) is 15.5 Å². The van der Waals surface area contributed by atoms with Crippen molar-refractivity contribution in [1.82, 2.24) is 4.98 Å². The van der Waals surface area contributed by atoms with Crippen LogP contribution in [0.15, 0.2) is 0 Å². The van der Waals surface area contributed by atoms with Crippen LogP contribution in [0.5, 0.6) is 0 Å². The van der Waals surface area contributed by atoms with Crippen LogP contribution in [-0.4, -0.2) is 12.1 Å². The highest BCUT2D eigenvalue weighted by molar-refractivity contribution is 7.11. The SMILES string of the molecule is CCc1nc(C2(OC)CCC(C)(C)CC2)sc1CN. The fourth-order valence-electron chi connectivity index (χ4n) is 2.85. The largest absolute Gasteiger partial charge is 0.371 e. The molecule has 0 aromatic carbocycles. The maximum absolute atomic E-state index is 5.92. The molecule has 1 aromatic rings. The molecule has 2 rings (SSSR count). The van der Waals surface area contributed by atoms with E-state index in [0.29, 0.717) is 12.0 Å². The second-order valence-corrected chi connectivity index (χ2v) is 7.39. The maximum Gasteiger partial charge on any atom is 0.125 e. The first kappa shape index (κ1) is 14.9. The van der Waals surface area contributed by atoms with E-state index in [-0.39, 0.29) is 5.60 Å². The Morgan fingerprint density at radius 3 is 2.32 bits per heavy atom. The third kappa shape index (κ3) is 2.86. The Morgan fingerprint density at radius 2 is 1.89 bits per heavy atom. The number of aromatic nitrogens is 1. The number of thiazole rings is 1. The minimum absolute atomic E-state index is 0.169. The molecular weight excluding hydrogens is 256 g/mol. The van der Waals surface area contributed by atoms with Crippen LogP contribution in [0.2, 0.25) is 0 Å². The number of nitrogens with two attached hydrogens (primary N) is 1. The molecule has 1 saturated carbocycles. The van der Waals surface area contributed by atoms with E-state index in [9.17, 15) is 0 Å². The van der Waals surface area contributed by atoms with Crippen molar-refractivity contribution in [1.29, 1.82) is 0 Å². The van der Waals surface area contributed by atoms with Gasteiger partial charge in [-0.25, -0.2) is 4.98 Å². The zero-order valence-electron chi connectivity index (χ0n) is 12.6. The molecule has 0 spiro atoms. The minimum atomic E-state index is -0.169. The van der Waals surface area contributed by atoms with Crippen molar-refractivity contribution in [3.8, 4) is 0 Å². The molecule has 0 amide bonds. The fourth-order valence-corrected chi connectivity index (χ4v) is 4.10. The van der Waals surface area contributed by atoms with E-state index in [1.54, 1.807) is 11.3 Å². The van der Waals surface area contributed by atoms with Gasteiger partial charge in [0.15, 0.2) is 0 Å². The Bertz CT molecular complexity index is 408. The van der Waals surface area contributed by atoms with Crippen LogP contribution in [0.3, 0.4) is 0 Å². The Labute approximate surface area is 120 Å². The Hall–Kier alpha value is -0.450. The van der Waals surface area contributed by atoms with E-state index >= 15 is 0 Å². The van der Waals surface area contributed by atoms with Gasteiger partial charge in [0.25, 0.3) is 0 Å². The molecule has 1 heterocycles. The molecule has 0 saturated heterocycles. The highest BCUT2D eigenvalue weighted by Crippen LogP contribution is 2.48. The van der Waals surface area contributed by atoms with E-state index in [1.807, 2.05) is 7.11 Å². The van der Waals surface area contributed by atoms with Crippen LogP contribution >= 0.6 is 11.3 Å². The molecule has 2 N–H and O–H groups in total. The van der Waals surface area contributed by atoms with Crippen LogP contribution in [0, 0.1) is 5.41 Å². The minimum Gasteiger partial charge on any atom is -0.371 e. The predicted octanol–water partition coefficient (Wildman–Crippen LogP) is 3.61. The van der Waals surface area contributed by atoms with Gasteiger partial charge in [-0.05, 0) is 37.5 Å². The summed E-state index contributed by atoms with van der Waals surface area (Å²) in [4.78, 5) is 6.05. The number of rotatable bonds is 4. The number of ether oxygens (including phenoxy) is 1. The zero-order chi connectivity index (χ0) is 14.1. The second kappa shape index (κ2) is 5.51. The lowest BCUT2D eigenvalue weighted by molar-refractivity contribution is -0.0668. The van der Waals surface area contributed by atoms with Gasteiger partial charge in [-0.15, -0.1) is 11.3 Å². The van der Waals surface area contributed by atoms with E-state index in [2.05, 4.69) is 20.8 Å². The van der Waals surface area contributed by atoms with Gasteiger partial charge in [0.2, 0.25) is 0 Å². The Morgan fingerprint density at radius 1 is 1.26 bits per heavy atom. The highest BCUT2D eigenvalue weighted by atomic mass is 32.1. The monoisotopic (exact) mass is 282 g/mol. The molecule has 19 heavy (non-hydrogen) atoms. The Kier molecular flexibility index (Phi) is 4.33. The summed E-state index contributed by atoms with van der Waals surface area (Å²) in [5, 5.41) is 1.14. The normalized spacial score (nSPS) is 21.5. The topological polar surface area (TPSA) is 48.1 Å². The van der Waals surface area contributed by atoms with Crippen LogP contribution in [0.4, 0.5) is 0 Å². The summed E-state index contributed by atoms with van der Waals surface area (Å²) < 4.78 is 5.92. The van der Waals surface area contributed by atoms with Crippen molar-refractivity contribution in [3.05, 3.63) is 15.6 Å². The number of aryl methyl sites for hydroxylation is 1. The van der Waals surface area contributed by atoms with Gasteiger partial charge in [-0.2, -0.15) is 0 Å². The summed E-state index contributed by atoms with van der Waals surface area (Å²) in [5.74, 6) is 0. The molecule has 0 radical (unpaired) electrons. The van der Waals surface area contributed by atoms with Crippen molar-refractivity contribution in [2.45, 2.75) is 65.0 Å². The lowest BCUT2D eigenvalue weighted by Gasteiger charge is -2.41. The molecule has 108 valence electrons. The van der Waals surface area contributed by atoms with Crippen LogP contribution < -0.4 is 5.73 Å². The second-order valence-electron chi connectivity index (χ2n) is 6.31. The van der Waals surface area contributed by atoms with E-state index in [0.717, 1.165) is 30.0 Å². The van der Waals surface area contributed by atoms with E-state index < -0.39 is 0 Å². The van der Waals surface area contributed by atoms with Gasteiger partial charge < -0.3 is 10.5 Å². The molecule has 1 aromatic heterocycles. The lowest BCUT2D eigenvalue weighted by Crippen LogP contribution is -2.36. The average molecular weight is 282 g/mol. The molecule has 0 aliphatic heterocycles. The van der Waals surface area contributed by atoms with Gasteiger partial charge in [0.05, 0.1) is 5.69 Å². The maximum atomic E-state index is 5.92. The standard InChI is InChI=1S/C15H26N2OS/c1-5-11-12(10-16)19-13(17-11)15(18-4)8-6-14(2,3)7-9-15/h5-10,16H2,1-4H3. The van der Waals surface area contributed by atoms with Gasteiger partial charge in [0.1, 0.15) is 10.6 Å². The van der Waals surface area contributed by atoms with Gasteiger partial charge in [-0.1, -0.05) is 20.8 Å². The predicted molar refractivity (Wildman–Crippen MR) is 80.3 cm³/mol. The van der Waals surface area contributed by atoms with Gasteiger partial charge in [0, 0.05) is 18.5 Å². The third-order valence-electron chi connectivity index (χ3n) is 4.49. The molecule has 1 aliphatic carbocycles. The molecule has 1 fully saturated rings. The van der Waals surface area contributed by atoms with Crippen molar-refractivity contribution in [2.75, 3.05) is 7.11 Å². The quantitative estimate of drug-likeness (QED) is 0.917. The third-order valence-corrected chi connectivity index (χ3v) is 5.80. The van der Waals surface area contributed by atoms with E-state index in [1.165, 1.54) is 17.7 Å². The highest BCUT2D eigenvalue weighted by Gasteiger charge is 2.42. The average Bonchev–Trinajstić information content (AvgIpc) is 2.83. The molecule has 3 nitrogen and oxygen atoms in total. The van der Waals surface area contributed by atoms with Gasteiger partial charge in [-0.3, -0.25) is 0 Å². The van der Waals surface area contributed by atoms with Gasteiger partial charge >= 0.3 is 0 Å². The number of hydrogen-bond donors (Lipinski definition) is 1. The number of hydrogen-bond acceptors (Lipinski definition) is 4. The molecule has 1 aliphatic rings. The summed E-state index contributed by atoms with van der Waals surface area (Å²) in [6, 6.07) is 0. The lowest BCUT2D eigenvalue weighted by atomic mass is 9.71. The smallest absolute Gasteiger partial charge is 0.125 e. The first-order valence-electron chi connectivity index (χ1n) is 7.20. The summed E-state index contributed by atoms with van der Waals surface area (Å²) in [6.07, 6.45) is 5.47. The molecule has 0 unspecified atom stereocenters. The van der Waals surface area contributed by atoms with Crippen LogP contribution in [0.25, 0.3) is 0 Å². The van der Waals surface area contributed by atoms with Crippen molar-refractivity contribution >= 4 is 11.3 Å². The zero-order valence-corrected chi connectivity index (χ0v) is 13.4. The molecule has 4 heteroatoms. The van der Waals surface area contributed by atoms with Crippen molar-refractivity contribution in [3.63, 3.8) is 0 Å². The fraction of sp³-hybridized carbons (Fsp3) is 0.800. The summed E-state index contributed by atoms with van der Waals surface area (Å²) in [7, 11) is 1.83. The molecular formula is C15H26N2OS. The number of methoxy groups -OCH3 is 1.